The Morgan fingerprint density at radius 2 is 1.77 bits per heavy atom. The normalized spacial score (nSPS) is 16.3. The van der Waals surface area contributed by atoms with E-state index in [1.807, 2.05) is 24.3 Å². The van der Waals surface area contributed by atoms with Gasteiger partial charge >= 0.3 is 0 Å². The molecule has 31 heavy (non-hydrogen) atoms. The van der Waals surface area contributed by atoms with Crippen molar-refractivity contribution in [3.8, 4) is 5.75 Å². The van der Waals surface area contributed by atoms with Crippen molar-refractivity contribution in [3.63, 3.8) is 0 Å². The number of amides is 3. The van der Waals surface area contributed by atoms with Crippen molar-refractivity contribution in [2.24, 2.45) is 0 Å². The average Bonchev–Trinajstić information content (AvgIpc) is 2.83. The number of carbonyl (C=O) groups excluding carboxylic acids is 3. The lowest BCUT2D eigenvalue weighted by molar-refractivity contribution is -0.134. The number of para-hydroxylation sites is 2. The van der Waals surface area contributed by atoms with Crippen LogP contribution in [-0.2, 0) is 9.59 Å². The summed E-state index contributed by atoms with van der Waals surface area (Å²) in [6.07, 6.45) is 4.92. The standard InChI is InChI=1S/C23H26N4O4/c28-21(7-8-22(29)27-14-15-31-20-6-2-1-5-19(20)27)26-12-9-18(10-13-26)25-23(30)17-4-3-11-24-16-17/h1-6,11,16,18H,7-10,12-15H2,(H,25,30). The lowest BCUT2D eigenvalue weighted by Crippen LogP contribution is -2.46. The van der Waals surface area contributed by atoms with E-state index in [-0.39, 0.29) is 36.6 Å². The molecule has 3 amide bonds. The number of anilines is 1. The number of nitrogens with zero attached hydrogens (tertiary/aromatic N) is 3. The van der Waals surface area contributed by atoms with E-state index in [0.29, 0.717) is 50.4 Å². The minimum atomic E-state index is -0.144. The topological polar surface area (TPSA) is 91.8 Å². The van der Waals surface area contributed by atoms with Gasteiger partial charge in [-0.1, -0.05) is 12.1 Å². The first-order valence-electron chi connectivity index (χ1n) is 10.6. The highest BCUT2D eigenvalue weighted by atomic mass is 16.5. The summed E-state index contributed by atoms with van der Waals surface area (Å²) in [6.45, 7) is 2.10. The minimum Gasteiger partial charge on any atom is -0.490 e. The van der Waals surface area contributed by atoms with E-state index < -0.39 is 0 Å². The predicted octanol–water partition coefficient (Wildman–Crippen LogP) is 2.01. The van der Waals surface area contributed by atoms with Gasteiger partial charge in [-0.3, -0.25) is 19.4 Å². The Bertz CT molecular complexity index is 942. The minimum absolute atomic E-state index is 0.0214. The van der Waals surface area contributed by atoms with Crippen molar-refractivity contribution in [1.82, 2.24) is 15.2 Å². The second-order valence-corrected chi connectivity index (χ2v) is 7.73. The molecule has 3 heterocycles. The van der Waals surface area contributed by atoms with E-state index in [4.69, 9.17) is 4.74 Å². The summed E-state index contributed by atoms with van der Waals surface area (Å²) in [6, 6.07) is 10.9. The second-order valence-electron chi connectivity index (χ2n) is 7.73. The molecule has 0 radical (unpaired) electrons. The molecule has 2 aliphatic rings. The molecular weight excluding hydrogens is 396 g/mol. The van der Waals surface area contributed by atoms with Crippen molar-refractivity contribution in [1.29, 1.82) is 0 Å². The van der Waals surface area contributed by atoms with Gasteiger partial charge in [0.05, 0.1) is 17.8 Å². The van der Waals surface area contributed by atoms with Gasteiger partial charge < -0.3 is 19.9 Å². The zero-order valence-electron chi connectivity index (χ0n) is 17.3. The Kier molecular flexibility index (Phi) is 6.45. The number of aromatic nitrogens is 1. The highest BCUT2D eigenvalue weighted by molar-refractivity contribution is 5.97. The van der Waals surface area contributed by atoms with Crippen molar-refractivity contribution in [3.05, 3.63) is 54.4 Å². The predicted molar refractivity (Wildman–Crippen MR) is 115 cm³/mol. The van der Waals surface area contributed by atoms with Crippen LogP contribution in [0.2, 0.25) is 0 Å². The summed E-state index contributed by atoms with van der Waals surface area (Å²) in [5, 5.41) is 3.01. The molecule has 0 bridgehead atoms. The van der Waals surface area contributed by atoms with Gasteiger partial charge in [-0.2, -0.15) is 0 Å². The maximum absolute atomic E-state index is 12.7. The monoisotopic (exact) mass is 422 g/mol. The molecule has 2 aliphatic heterocycles. The number of piperidine rings is 1. The molecular formula is C23H26N4O4. The number of pyridine rings is 1. The van der Waals surface area contributed by atoms with Gasteiger partial charge in [0.25, 0.3) is 5.91 Å². The molecule has 8 nitrogen and oxygen atoms in total. The number of hydrogen-bond acceptors (Lipinski definition) is 5. The number of carbonyl (C=O) groups is 3. The number of hydrogen-bond donors (Lipinski definition) is 1. The van der Waals surface area contributed by atoms with E-state index in [0.717, 1.165) is 5.69 Å². The number of ether oxygens (including phenoxy) is 1. The zero-order valence-corrected chi connectivity index (χ0v) is 17.3. The van der Waals surface area contributed by atoms with E-state index in [9.17, 15) is 14.4 Å². The van der Waals surface area contributed by atoms with Gasteiger partial charge in [-0.25, -0.2) is 0 Å². The van der Waals surface area contributed by atoms with Crippen LogP contribution >= 0.6 is 0 Å². The van der Waals surface area contributed by atoms with E-state index >= 15 is 0 Å². The molecule has 0 aliphatic carbocycles. The fourth-order valence-corrected chi connectivity index (χ4v) is 3.97. The van der Waals surface area contributed by atoms with Crippen LogP contribution in [0.25, 0.3) is 0 Å². The fourth-order valence-electron chi connectivity index (χ4n) is 3.97. The second kappa shape index (κ2) is 9.59. The number of benzene rings is 1. The quantitative estimate of drug-likeness (QED) is 0.796. The third kappa shape index (κ3) is 5.02. The maximum atomic E-state index is 12.7. The van der Waals surface area contributed by atoms with Gasteiger partial charge in [-0.15, -0.1) is 0 Å². The molecule has 1 saturated heterocycles. The average molecular weight is 422 g/mol. The van der Waals surface area contributed by atoms with Crippen LogP contribution in [0, 0.1) is 0 Å². The SMILES string of the molecule is O=C(NC1CCN(C(=O)CCC(=O)N2CCOc3ccccc32)CC1)c1cccnc1. The molecule has 162 valence electrons. The molecule has 0 unspecified atom stereocenters. The summed E-state index contributed by atoms with van der Waals surface area (Å²) in [5.74, 6) is 0.466. The first-order chi connectivity index (χ1) is 15.1. The van der Waals surface area contributed by atoms with Crippen LogP contribution < -0.4 is 15.0 Å². The van der Waals surface area contributed by atoms with Crippen LogP contribution in [0.1, 0.15) is 36.0 Å². The molecule has 0 saturated carbocycles. The van der Waals surface area contributed by atoms with Crippen LogP contribution in [0.5, 0.6) is 5.75 Å². The van der Waals surface area contributed by atoms with Crippen LogP contribution in [0.4, 0.5) is 5.69 Å². The molecule has 1 N–H and O–H groups in total. The highest BCUT2D eigenvalue weighted by Crippen LogP contribution is 2.31. The fraction of sp³-hybridized carbons (Fsp3) is 0.391. The Morgan fingerprint density at radius 3 is 2.55 bits per heavy atom. The highest BCUT2D eigenvalue weighted by Gasteiger charge is 2.27. The van der Waals surface area contributed by atoms with Gasteiger partial charge in [0.1, 0.15) is 12.4 Å². The van der Waals surface area contributed by atoms with Crippen LogP contribution in [0.3, 0.4) is 0 Å². The van der Waals surface area contributed by atoms with E-state index in [1.54, 1.807) is 28.1 Å². The van der Waals surface area contributed by atoms with E-state index in [1.165, 1.54) is 6.20 Å². The molecule has 0 spiro atoms. The van der Waals surface area contributed by atoms with Crippen molar-refractivity contribution >= 4 is 23.4 Å². The molecule has 2 aromatic rings. The van der Waals surface area contributed by atoms with Crippen LogP contribution in [0.15, 0.2) is 48.8 Å². The number of rotatable bonds is 5. The molecule has 1 fully saturated rings. The molecule has 8 heteroatoms. The van der Waals surface area contributed by atoms with Crippen LogP contribution in [-0.4, -0.2) is 59.9 Å². The maximum Gasteiger partial charge on any atom is 0.253 e. The van der Waals surface area contributed by atoms with Crippen molar-refractivity contribution in [2.75, 3.05) is 31.1 Å². The smallest absolute Gasteiger partial charge is 0.253 e. The molecule has 0 atom stereocenters. The third-order valence-corrected chi connectivity index (χ3v) is 5.69. The van der Waals surface area contributed by atoms with Gasteiger partial charge in [0.2, 0.25) is 11.8 Å². The Labute approximate surface area is 181 Å². The van der Waals surface area contributed by atoms with Crippen molar-refractivity contribution < 1.29 is 19.1 Å². The third-order valence-electron chi connectivity index (χ3n) is 5.69. The van der Waals surface area contributed by atoms with E-state index in [2.05, 4.69) is 10.3 Å². The number of likely N-dealkylation sites (tertiary alicyclic amines) is 1. The first-order valence-corrected chi connectivity index (χ1v) is 10.6. The number of fused-ring (bicyclic) bond motifs is 1. The molecule has 4 rings (SSSR count). The Morgan fingerprint density at radius 1 is 1.00 bits per heavy atom. The van der Waals surface area contributed by atoms with Gasteiger partial charge in [0.15, 0.2) is 0 Å². The summed E-state index contributed by atoms with van der Waals surface area (Å²) in [4.78, 5) is 45.0. The Hall–Kier alpha value is -3.42. The summed E-state index contributed by atoms with van der Waals surface area (Å²) < 4.78 is 5.59. The largest absolute Gasteiger partial charge is 0.490 e. The van der Waals surface area contributed by atoms with Gasteiger partial charge in [0, 0.05) is 44.4 Å². The first kappa shape index (κ1) is 20.8. The lowest BCUT2D eigenvalue weighted by atomic mass is 10.0. The summed E-state index contributed by atoms with van der Waals surface area (Å²) in [7, 11) is 0. The van der Waals surface area contributed by atoms with Crippen molar-refractivity contribution in [2.45, 2.75) is 31.7 Å². The Balaban J connectivity index is 1.23. The molecule has 1 aromatic heterocycles. The zero-order chi connectivity index (χ0) is 21.6. The van der Waals surface area contributed by atoms with Gasteiger partial charge in [-0.05, 0) is 37.1 Å². The summed E-state index contributed by atoms with van der Waals surface area (Å²) >= 11 is 0. The summed E-state index contributed by atoms with van der Waals surface area (Å²) in [5.41, 5.74) is 1.29. The lowest BCUT2D eigenvalue weighted by Gasteiger charge is -2.33. The number of nitrogens with one attached hydrogen (secondary N) is 1. The molecule has 1 aromatic carbocycles.